The standard InChI is InChI=1S/C16H17N3O5/c1-4-24-14-8-11(12(19(21)22)9-13(14)23-3)16(20)18-15-7-5-6-10(2)17-15/h5-9H,4H2,1-3H3,(H,17,18,20). The summed E-state index contributed by atoms with van der Waals surface area (Å²) in [5.74, 6) is 0.105. The molecule has 0 saturated carbocycles. The molecule has 2 aromatic rings. The van der Waals surface area contributed by atoms with E-state index in [0.29, 0.717) is 18.1 Å². The van der Waals surface area contributed by atoms with Gasteiger partial charge in [0.1, 0.15) is 11.4 Å². The Bertz CT molecular complexity index is 776. The molecule has 24 heavy (non-hydrogen) atoms. The Hall–Kier alpha value is -3.16. The highest BCUT2D eigenvalue weighted by molar-refractivity contribution is 6.07. The molecule has 8 heteroatoms. The van der Waals surface area contributed by atoms with Crippen LogP contribution in [0, 0.1) is 17.0 Å². The van der Waals surface area contributed by atoms with Crippen LogP contribution in [0.25, 0.3) is 0 Å². The minimum absolute atomic E-state index is 0.132. The van der Waals surface area contributed by atoms with E-state index in [1.54, 1.807) is 32.0 Å². The number of nitro groups is 1. The number of pyridine rings is 1. The van der Waals surface area contributed by atoms with Gasteiger partial charge in [0.2, 0.25) is 0 Å². The molecule has 0 aliphatic heterocycles. The molecule has 0 fully saturated rings. The molecule has 0 bridgehead atoms. The Labute approximate surface area is 138 Å². The number of amides is 1. The van der Waals surface area contributed by atoms with Crippen LogP contribution >= 0.6 is 0 Å². The van der Waals surface area contributed by atoms with Gasteiger partial charge in [-0.3, -0.25) is 14.9 Å². The van der Waals surface area contributed by atoms with Crippen molar-refractivity contribution < 1.29 is 19.2 Å². The predicted molar refractivity (Wildman–Crippen MR) is 87.7 cm³/mol. The van der Waals surface area contributed by atoms with Gasteiger partial charge in [0, 0.05) is 11.8 Å². The molecule has 1 aromatic heterocycles. The third kappa shape index (κ3) is 3.78. The fourth-order valence-electron chi connectivity index (χ4n) is 2.11. The van der Waals surface area contributed by atoms with Crippen LogP contribution in [0.15, 0.2) is 30.3 Å². The van der Waals surface area contributed by atoms with Gasteiger partial charge in [-0.25, -0.2) is 4.98 Å². The van der Waals surface area contributed by atoms with Crippen molar-refractivity contribution >= 4 is 17.4 Å². The Morgan fingerprint density at radius 3 is 2.67 bits per heavy atom. The number of carbonyl (C=O) groups is 1. The number of nitrogens with one attached hydrogen (secondary N) is 1. The van der Waals surface area contributed by atoms with E-state index in [9.17, 15) is 14.9 Å². The summed E-state index contributed by atoms with van der Waals surface area (Å²) in [6, 6.07) is 7.57. The minimum atomic E-state index is -0.650. The number of nitro benzene ring substituents is 1. The van der Waals surface area contributed by atoms with Crippen molar-refractivity contribution in [3.05, 3.63) is 51.7 Å². The minimum Gasteiger partial charge on any atom is -0.493 e. The zero-order valence-corrected chi connectivity index (χ0v) is 13.5. The highest BCUT2D eigenvalue weighted by Gasteiger charge is 2.25. The van der Waals surface area contributed by atoms with Crippen LogP contribution in [-0.4, -0.2) is 29.5 Å². The van der Waals surface area contributed by atoms with Gasteiger partial charge in [0.15, 0.2) is 11.5 Å². The molecule has 1 heterocycles. The number of methoxy groups -OCH3 is 1. The van der Waals surface area contributed by atoms with Gasteiger partial charge < -0.3 is 14.8 Å². The maximum Gasteiger partial charge on any atom is 0.286 e. The molecule has 0 radical (unpaired) electrons. The van der Waals surface area contributed by atoms with Gasteiger partial charge >= 0.3 is 0 Å². The summed E-state index contributed by atoms with van der Waals surface area (Å²) in [5.41, 5.74) is 0.208. The number of nitrogens with zero attached hydrogens (tertiary/aromatic N) is 2. The van der Waals surface area contributed by atoms with Gasteiger partial charge in [0.25, 0.3) is 11.6 Å². The van der Waals surface area contributed by atoms with Crippen LogP contribution in [0.3, 0.4) is 0 Å². The molecule has 0 unspecified atom stereocenters. The Morgan fingerprint density at radius 1 is 1.33 bits per heavy atom. The number of carbonyl (C=O) groups excluding carboxylic acids is 1. The topological polar surface area (TPSA) is 104 Å². The number of benzene rings is 1. The molecule has 0 aliphatic carbocycles. The molecule has 0 atom stereocenters. The molecular formula is C16H17N3O5. The average molecular weight is 331 g/mol. The summed E-state index contributed by atoms with van der Waals surface area (Å²) in [6.07, 6.45) is 0. The Kier molecular flexibility index (Phi) is 5.31. The first-order valence-corrected chi connectivity index (χ1v) is 7.20. The lowest BCUT2D eigenvalue weighted by molar-refractivity contribution is -0.385. The molecule has 126 valence electrons. The molecule has 0 aliphatic rings. The smallest absolute Gasteiger partial charge is 0.286 e. The van der Waals surface area contributed by atoms with Crippen molar-refractivity contribution in [2.45, 2.75) is 13.8 Å². The van der Waals surface area contributed by atoms with Crippen LogP contribution in [0.5, 0.6) is 11.5 Å². The first kappa shape index (κ1) is 17.2. The number of aromatic nitrogens is 1. The van der Waals surface area contributed by atoms with E-state index < -0.39 is 10.8 Å². The number of hydrogen-bond acceptors (Lipinski definition) is 6. The second kappa shape index (κ2) is 7.40. The van der Waals surface area contributed by atoms with Crippen LogP contribution in [0.2, 0.25) is 0 Å². The van der Waals surface area contributed by atoms with E-state index in [1.807, 2.05) is 0 Å². The van der Waals surface area contributed by atoms with Crippen molar-refractivity contribution in [2.24, 2.45) is 0 Å². The van der Waals surface area contributed by atoms with Gasteiger partial charge in [-0.1, -0.05) is 6.07 Å². The molecule has 1 amide bonds. The van der Waals surface area contributed by atoms with Crippen molar-refractivity contribution in [2.75, 3.05) is 19.0 Å². The highest BCUT2D eigenvalue weighted by atomic mass is 16.6. The monoisotopic (exact) mass is 331 g/mol. The van der Waals surface area contributed by atoms with Crippen molar-refractivity contribution in [3.63, 3.8) is 0 Å². The van der Waals surface area contributed by atoms with Crippen molar-refractivity contribution in [1.29, 1.82) is 0 Å². The summed E-state index contributed by atoms with van der Waals surface area (Å²) < 4.78 is 10.5. The largest absolute Gasteiger partial charge is 0.493 e. The van der Waals surface area contributed by atoms with Crippen molar-refractivity contribution in [3.8, 4) is 11.5 Å². The Morgan fingerprint density at radius 2 is 2.08 bits per heavy atom. The normalized spacial score (nSPS) is 10.1. The highest BCUT2D eigenvalue weighted by Crippen LogP contribution is 2.35. The SMILES string of the molecule is CCOc1cc(C(=O)Nc2cccc(C)n2)c([N+](=O)[O-])cc1OC. The molecule has 0 saturated heterocycles. The van der Waals surface area contributed by atoms with Gasteiger partial charge in [-0.15, -0.1) is 0 Å². The fourth-order valence-corrected chi connectivity index (χ4v) is 2.11. The van der Waals surface area contributed by atoms with Crippen LogP contribution in [0.4, 0.5) is 11.5 Å². The fraction of sp³-hybridized carbons (Fsp3) is 0.250. The van der Waals surface area contributed by atoms with Crippen LogP contribution in [0.1, 0.15) is 23.0 Å². The maximum absolute atomic E-state index is 12.5. The predicted octanol–water partition coefficient (Wildman–Crippen LogP) is 2.96. The lowest BCUT2D eigenvalue weighted by Gasteiger charge is -2.12. The van der Waals surface area contributed by atoms with Crippen molar-refractivity contribution in [1.82, 2.24) is 4.98 Å². The van der Waals surface area contributed by atoms with Crippen LogP contribution in [-0.2, 0) is 0 Å². The average Bonchev–Trinajstić information content (AvgIpc) is 2.54. The molecular weight excluding hydrogens is 314 g/mol. The summed E-state index contributed by atoms with van der Waals surface area (Å²) in [7, 11) is 1.37. The molecule has 8 nitrogen and oxygen atoms in total. The van der Waals surface area contributed by atoms with E-state index in [4.69, 9.17) is 9.47 Å². The summed E-state index contributed by atoms with van der Waals surface area (Å²) in [5, 5.41) is 13.8. The van der Waals surface area contributed by atoms with E-state index >= 15 is 0 Å². The zero-order valence-electron chi connectivity index (χ0n) is 13.5. The third-order valence-electron chi connectivity index (χ3n) is 3.15. The molecule has 2 rings (SSSR count). The summed E-state index contributed by atoms with van der Waals surface area (Å²) in [4.78, 5) is 27.2. The summed E-state index contributed by atoms with van der Waals surface area (Å²) >= 11 is 0. The van der Waals surface area contributed by atoms with E-state index in [-0.39, 0.29) is 22.7 Å². The quantitative estimate of drug-likeness (QED) is 0.644. The number of aryl methyl sites for hydroxylation is 1. The molecule has 1 N–H and O–H groups in total. The molecule has 0 spiro atoms. The second-order valence-corrected chi connectivity index (χ2v) is 4.83. The number of rotatable bonds is 6. The van der Waals surface area contributed by atoms with Crippen LogP contribution < -0.4 is 14.8 Å². The lowest BCUT2D eigenvalue weighted by Crippen LogP contribution is -2.15. The van der Waals surface area contributed by atoms with Gasteiger partial charge in [-0.2, -0.15) is 0 Å². The van der Waals surface area contributed by atoms with E-state index in [1.165, 1.54) is 19.2 Å². The first-order chi connectivity index (χ1) is 11.5. The molecule has 1 aromatic carbocycles. The third-order valence-corrected chi connectivity index (χ3v) is 3.15. The second-order valence-electron chi connectivity index (χ2n) is 4.83. The number of anilines is 1. The number of hydrogen-bond donors (Lipinski definition) is 1. The Balaban J connectivity index is 2.44. The van der Waals surface area contributed by atoms with Gasteiger partial charge in [-0.05, 0) is 26.0 Å². The van der Waals surface area contributed by atoms with E-state index in [2.05, 4.69) is 10.3 Å². The first-order valence-electron chi connectivity index (χ1n) is 7.20. The summed E-state index contributed by atoms with van der Waals surface area (Å²) in [6.45, 7) is 3.87. The lowest BCUT2D eigenvalue weighted by atomic mass is 10.1. The zero-order chi connectivity index (χ0) is 17.7. The van der Waals surface area contributed by atoms with Gasteiger partial charge in [0.05, 0.1) is 24.7 Å². The van der Waals surface area contributed by atoms with E-state index in [0.717, 1.165) is 0 Å². The number of ether oxygens (including phenoxy) is 2. The maximum atomic E-state index is 12.5.